The van der Waals surface area contributed by atoms with Crippen LogP contribution in [0.1, 0.15) is 35.2 Å². The number of hydrogen-bond donors (Lipinski definition) is 2. The van der Waals surface area contributed by atoms with Crippen molar-refractivity contribution in [1.29, 1.82) is 0 Å². The first-order valence-corrected chi connectivity index (χ1v) is 12.5. The summed E-state index contributed by atoms with van der Waals surface area (Å²) in [6.45, 7) is 5.65. The monoisotopic (exact) mass is 548 g/mol. The molecule has 39 heavy (non-hydrogen) atoms. The summed E-state index contributed by atoms with van der Waals surface area (Å²) < 4.78 is 27.2. The number of aryl methyl sites for hydroxylation is 2. The summed E-state index contributed by atoms with van der Waals surface area (Å²) in [5.74, 6) is 0.410. The van der Waals surface area contributed by atoms with Gasteiger partial charge in [-0.15, -0.1) is 0 Å². The van der Waals surface area contributed by atoms with Gasteiger partial charge < -0.3 is 20.1 Å². The van der Waals surface area contributed by atoms with Crippen molar-refractivity contribution < 1.29 is 18.7 Å². The molecule has 1 aliphatic heterocycles. The Labute approximate surface area is 229 Å². The lowest BCUT2D eigenvalue weighted by molar-refractivity contribution is -0.113. The molecule has 0 bridgehead atoms. The summed E-state index contributed by atoms with van der Waals surface area (Å²) in [4.78, 5) is 13.7. The molecule has 3 aromatic carbocycles. The summed E-state index contributed by atoms with van der Waals surface area (Å²) >= 11 is 6.15. The first-order valence-electron chi connectivity index (χ1n) is 12.1. The molecule has 4 aromatic rings. The van der Waals surface area contributed by atoms with Crippen molar-refractivity contribution in [3.05, 3.63) is 99.0 Å². The van der Waals surface area contributed by atoms with Gasteiger partial charge in [0, 0.05) is 16.9 Å². The zero-order valence-electron chi connectivity index (χ0n) is 21.8. The van der Waals surface area contributed by atoms with Crippen LogP contribution in [0.3, 0.4) is 0 Å². The predicted molar refractivity (Wildman–Crippen MR) is 146 cm³/mol. The van der Waals surface area contributed by atoms with E-state index in [1.807, 2.05) is 32.0 Å². The van der Waals surface area contributed by atoms with Crippen LogP contribution < -0.4 is 20.1 Å². The summed E-state index contributed by atoms with van der Waals surface area (Å²) in [7, 11) is 1.50. The average Bonchev–Trinajstić information content (AvgIpc) is 3.37. The molecule has 0 aliphatic carbocycles. The normalized spacial score (nSPS) is 14.5. The van der Waals surface area contributed by atoms with Crippen LogP contribution >= 0.6 is 11.6 Å². The second kappa shape index (κ2) is 10.7. The Kier molecular flexibility index (Phi) is 7.21. The molecule has 0 spiro atoms. The lowest BCUT2D eigenvalue weighted by Crippen LogP contribution is -2.31. The lowest BCUT2D eigenvalue weighted by Gasteiger charge is -2.28. The van der Waals surface area contributed by atoms with Crippen molar-refractivity contribution in [2.45, 2.75) is 33.4 Å². The molecule has 2 heterocycles. The Bertz CT molecular complexity index is 1580. The summed E-state index contributed by atoms with van der Waals surface area (Å²) in [6, 6.07) is 14.9. The number of nitrogens with zero attached hydrogens (tertiary/aromatic N) is 4. The number of ether oxygens (including phenoxy) is 2. The number of carbonyl (C=O) groups excluding carboxylic acids is 1. The number of rotatable bonds is 7. The van der Waals surface area contributed by atoms with Gasteiger partial charge in [0.25, 0.3) is 5.91 Å². The maximum atomic E-state index is 14.2. The quantitative estimate of drug-likeness (QED) is 0.310. The molecule has 1 atom stereocenters. The van der Waals surface area contributed by atoms with E-state index in [1.54, 1.807) is 35.9 Å². The van der Waals surface area contributed by atoms with Crippen LogP contribution in [-0.2, 0) is 11.4 Å². The summed E-state index contributed by atoms with van der Waals surface area (Å²) in [5.41, 5.74) is 4.72. The summed E-state index contributed by atoms with van der Waals surface area (Å²) in [6.07, 6.45) is 0. The van der Waals surface area contributed by atoms with Crippen molar-refractivity contribution >= 4 is 29.1 Å². The van der Waals surface area contributed by atoms with Crippen molar-refractivity contribution in [3.63, 3.8) is 0 Å². The van der Waals surface area contributed by atoms with Gasteiger partial charge in [-0.2, -0.15) is 4.68 Å². The van der Waals surface area contributed by atoms with Gasteiger partial charge in [-0.05, 0) is 72.7 Å². The zero-order valence-corrected chi connectivity index (χ0v) is 22.5. The van der Waals surface area contributed by atoms with Gasteiger partial charge in [0.05, 0.1) is 17.7 Å². The fourth-order valence-corrected chi connectivity index (χ4v) is 4.77. The minimum absolute atomic E-state index is 0.0890. The first kappa shape index (κ1) is 26.2. The van der Waals surface area contributed by atoms with Crippen molar-refractivity contribution in [1.82, 2.24) is 20.2 Å². The van der Waals surface area contributed by atoms with Gasteiger partial charge in [-0.3, -0.25) is 4.79 Å². The number of anilines is 2. The Morgan fingerprint density at radius 1 is 1.13 bits per heavy atom. The second-order valence-electron chi connectivity index (χ2n) is 9.18. The standard InChI is InChI=1S/C28H26ClFN6O3/c1-15-8-10-22(16(2)12-15)32-27(37)25-17(3)31-28-33-34-35-36(28)26(25)18-9-11-23(24(13-18)38-4)39-14-19-20(29)6-5-7-21(19)30/h5-13,26H,14H2,1-4H3,(H,32,37)(H,31,33,35). The minimum Gasteiger partial charge on any atom is -0.493 e. The van der Waals surface area contributed by atoms with Gasteiger partial charge in [0.2, 0.25) is 5.95 Å². The largest absolute Gasteiger partial charge is 0.493 e. The van der Waals surface area contributed by atoms with Crippen LogP contribution in [0.5, 0.6) is 11.5 Å². The average molecular weight is 549 g/mol. The number of amides is 1. The fraction of sp³-hybridized carbons (Fsp3) is 0.214. The van der Waals surface area contributed by atoms with Crippen LogP contribution in [0.25, 0.3) is 0 Å². The Morgan fingerprint density at radius 2 is 1.95 bits per heavy atom. The zero-order chi connectivity index (χ0) is 27.7. The molecule has 2 N–H and O–H groups in total. The maximum absolute atomic E-state index is 14.2. The number of allylic oxidation sites excluding steroid dienone is 1. The van der Waals surface area contributed by atoms with Gasteiger partial charge in [-0.1, -0.05) is 46.5 Å². The number of hydrogen-bond acceptors (Lipinski definition) is 7. The van der Waals surface area contributed by atoms with E-state index in [0.717, 1.165) is 11.1 Å². The number of tetrazole rings is 1. The third-order valence-electron chi connectivity index (χ3n) is 6.53. The smallest absolute Gasteiger partial charge is 0.255 e. The number of aromatic nitrogens is 4. The third-order valence-corrected chi connectivity index (χ3v) is 6.88. The van der Waals surface area contributed by atoms with Crippen molar-refractivity contribution in [2.24, 2.45) is 0 Å². The number of carbonyl (C=O) groups is 1. The molecule has 11 heteroatoms. The van der Waals surface area contributed by atoms with Crippen LogP contribution in [0.4, 0.5) is 16.0 Å². The molecule has 1 amide bonds. The van der Waals surface area contributed by atoms with Gasteiger partial charge in [0.1, 0.15) is 18.5 Å². The Morgan fingerprint density at radius 3 is 2.69 bits per heavy atom. The number of halogens is 2. The highest BCUT2D eigenvalue weighted by molar-refractivity contribution is 6.31. The van der Waals surface area contributed by atoms with E-state index >= 15 is 0 Å². The van der Waals surface area contributed by atoms with Crippen molar-refractivity contribution in [2.75, 3.05) is 17.7 Å². The van der Waals surface area contributed by atoms with Crippen LogP contribution in [0, 0.1) is 19.7 Å². The number of nitrogens with one attached hydrogen (secondary N) is 2. The fourth-order valence-electron chi connectivity index (χ4n) is 4.55. The highest BCUT2D eigenvalue weighted by atomic mass is 35.5. The van der Waals surface area contributed by atoms with E-state index in [4.69, 9.17) is 21.1 Å². The molecule has 9 nitrogen and oxygen atoms in total. The van der Waals surface area contributed by atoms with E-state index in [0.29, 0.717) is 40.0 Å². The van der Waals surface area contributed by atoms with Gasteiger partial charge >= 0.3 is 0 Å². The third kappa shape index (κ3) is 5.15. The van der Waals surface area contributed by atoms with E-state index in [9.17, 15) is 9.18 Å². The highest BCUT2D eigenvalue weighted by Crippen LogP contribution is 2.39. The Hall–Kier alpha value is -4.44. The SMILES string of the molecule is COc1cc(C2C(C(=O)Nc3ccc(C)cc3C)=C(C)Nc3nnnn32)ccc1OCc1c(F)cccc1Cl. The number of methoxy groups -OCH3 is 1. The second-order valence-corrected chi connectivity index (χ2v) is 9.59. The molecule has 200 valence electrons. The maximum Gasteiger partial charge on any atom is 0.255 e. The van der Waals surface area contributed by atoms with E-state index < -0.39 is 11.9 Å². The molecule has 0 saturated carbocycles. The molecule has 0 radical (unpaired) electrons. The van der Waals surface area contributed by atoms with Crippen LogP contribution in [0.2, 0.25) is 5.02 Å². The van der Waals surface area contributed by atoms with E-state index in [-0.39, 0.29) is 23.1 Å². The molecular formula is C28H26ClFN6O3. The molecule has 1 aliphatic rings. The molecular weight excluding hydrogens is 523 g/mol. The number of fused-ring (bicyclic) bond motifs is 1. The van der Waals surface area contributed by atoms with Crippen LogP contribution in [-0.4, -0.2) is 33.2 Å². The van der Waals surface area contributed by atoms with E-state index in [2.05, 4.69) is 26.2 Å². The predicted octanol–water partition coefficient (Wildman–Crippen LogP) is 5.60. The van der Waals surface area contributed by atoms with Gasteiger partial charge in [0.15, 0.2) is 11.5 Å². The minimum atomic E-state index is -0.661. The Balaban J connectivity index is 1.49. The lowest BCUT2D eigenvalue weighted by atomic mass is 9.94. The molecule has 1 unspecified atom stereocenters. The van der Waals surface area contributed by atoms with E-state index in [1.165, 1.54) is 19.2 Å². The first-order chi connectivity index (χ1) is 18.8. The highest BCUT2D eigenvalue weighted by Gasteiger charge is 2.34. The van der Waals surface area contributed by atoms with Crippen LogP contribution in [0.15, 0.2) is 65.9 Å². The molecule has 0 saturated heterocycles. The van der Waals surface area contributed by atoms with Crippen molar-refractivity contribution in [3.8, 4) is 11.5 Å². The molecule has 5 rings (SSSR count). The molecule has 0 fully saturated rings. The topological polar surface area (TPSA) is 103 Å². The number of benzene rings is 3. The van der Waals surface area contributed by atoms with Gasteiger partial charge in [-0.25, -0.2) is 4.39 Å². The summed E-state index contributed by atoms with van der Waals surface area (Å²) in [5, 5.41) is 18.4. The molecule has 1 aromatic heterocycles.